The Morgan fingerprint density at radius 3 is 2.39 bits per heavy atom. The Hall–Kier alpha value is -4.02. The minimum absolute atomic E-state index is 0.0588. The number of carboxylic acid groups (broad SMARTS) is 1. The maximum absolute atomic E-state index is 14.5. The Morgan fingerprint density at radius 1 is 1.06 bits per heavy atom. The maximum atomic E-state index is 14.5. The molecule has 1 aliphatic carbocycles. The van der Waals surface area contributed by atoms with Crippen molar-refractivity contribution in [1.82, 2.24) is 19.8 Å². The molecule has 1 heterocycles. The molecule has 0 saturated heterocycles. The molecule has 1 fully saturated rings. The van der Waals surface area contributed by atoms with Crippen LogP contribution in [0, 0.1) is 11.7 Å². The Bertz CT molecular complexity index is 1220. The van der Waals surface area contributed by atoms with Crippen LogP contribution in [-0.4, -0.2) is 50.0 Å². The van der Waals surface area contributed by atoms with Crippen LogP contribution in [0.3, 0.4) is 0 Å². The minimum Gasteiger partial charge on any atom is -0.494 e. The molecule has 0 spiro atoms. The summed E-state index contributed by atoms with van der Waals surface area (Å²) in [6, 6.07) is 11.7. The van der Waals surface area contributed by atoms with Gasteiger partial charge in [0, 0.05) is 11.7 Å². The number of rotatable bonds is 5. The fourth-order valence-electron chi connectivity index (χ4n) is 4.12. The number of aromatic nitrogens is 4. The van der Waals surface area contributed by atoms with Crippen molar-refractivity contribution in [2.24, 2.45) is 5.92 Å². The number of para-hydroxylation sites is 2. The SMILES string of the molecule is COc1cccc(F)c1-n1nnn(C(=O)N(c2ccccc2)[C@H]2CC[C@@H](C(=O)O)CC2)c1=O. The zero-order valence-electron chi connectivity index (χ0n) is 17.8. The van der Waals surface area contributed by atoms with Crippen molar-refractivity contribution in [3.63, 3.8) is 0 Å². The third-order valence-electron chi connectivity index (χ3n) is 5.80. The summed E-state index contributed by atoms with van der Waals surface area (Å²) in [5.74, 6) is -2.03. The number of methoxy groups -OCH3 is 1. The largest absolute Gasteiger partial charge is 0.494 e. The number of nitrogens with zero attached hydrogens (tertiary/aromatic N) is 5. The van der Waals surface area contributed by atoms with E-state index in [0.29, 0.717) is 40.7 Å². The summed E-state index contributed by atoms with van der Waals surface area (Å²) in [6.07, 6.45) is 1.71. The van der Waals surface area contributed by atoms with Crippen LogP contribution in [0.2, 0.25) is 0 Å². The van der Waals surface area contributed by atoms with Crippen LogP contribution in [-0.2, 0) is 4.79 Å². The van der Waals surface area contributed by atoms with Crippen LogP contribution >= 0.6 is 0 Å². The molecule has 0 atom stereocenters. The minimum atomic E-state index is -0.955. The van der Waals surface area contributed by atoms with E-state index in [9.17, 15) is 23.9 Å². The first-order valence-electron chi connectivity index (χ1n) is 10.4. The number of ether oxygens (including phenoxy) is 1. The molecule has 4 rings (SSSR count). The highest BCUT2D eigenvalue weighted by Gasteiger charge is 2.34. The molecule has 2 aromatic carbocycles. The van der Waals surface area contributed by atoms with Gasteiger partial charge in [-0.3, -0.25) is 9.69 Å². The highest BCUT2D eigenvalue weighted by molar-refractivity contribution is 5.93. The van der Waals surface area contributed by atoms with Crippen molar-refractivity contribution in [3.05, 3.63) is 64.8 Å². The van der Waals surface area contributed by atoms with Gasteiger partial charge in [-0.1, -0.05) is 24.3 Å². The lowest BCUT2D eigenvalue weighted by Crippen LogP contribution is -2.48. The first-order chi connectivity index (χ1) is 15.9. The van der Waals surface area contributed by atoms with Gasteiger partial charge >= 0.3 is 17.7 Å². The third kappa shape index (κ3) is 4.21. The number of carbonyl (C=O) groups is 2. The van der Waals surface area contributed by atoms with E-state index in [2.05, 4.69) is 10.4 Å². The van der Waals surface area contributed by atoms with Crippen molar-refractivity contribution in [1.29, 1.82) is 0 Å². The van der Waals surface area contributed by atoms with Gasteiger partial charge < -0.3 is 9.84 Å². The lowest BCUT2D eigenvalue weighted by atomic mass is 9.85. The Morgan fingerprint density at radius 2 is 1.76 bits per heavy atom. The number of halogens is 1. The summed E-state index contributed by atoms with van der Waals surface area (Å²) < 4.78 is 20.8. The molecule has 1 amide bonds. The van der Waals surface area contributed by atoms with Gasteiger partial charge in [0.1, 0.15) is 11.4 Å². The lowest BCUT2D eigenvalue weighted by molar-refractivity contribution is -0.142. The summed E-state index contributed by atoms with van der Waals surface area (Å²) in [4.78, 5) is 39.3. The number of anilines is 1. The molecule has 1 aliphatic rings. The second kappa shape index (κ2) is 9.23. The molecule has 0 aliphatic heterocycles. The molecule has 11 heteroatoms. The Kier molecular flexibility index (Phi) is 6.20. The number of tetrazole rings is 1. The molecule has 172 valence electrons. The summed E-state index contributed by atoms with van der Waals surface area (Å²) in [6.45, 7) is 0. The van der Waals surface area contributed by atoms with Gasteiger partial charge in [-0.15, -0.1) is 4.68 Å². The fourth-order valence-corrected chi connectivity index (χ4v) is 4.12. The van der Waals surface area contributed by atoms with Crippen LogP contribution < -0.4 is 15.3 Å². The first-order valence-corrected chi connectivity index (χ1v) is 10.4. The van der Waals surface area contributed by atoms with Gasteiger partial charge in [0.2, 0.25) is 0 Å². The molecule has 1 aromatic heterocycles. The fraction of sp³-hybridized carbons (Fsp3) is 0.318. The van der Waals surface area contributed by atoms with Gasteiger partial charge in [0.05, 0.1) is 13.0 Å². The van der Waals surface area contributed by atoms with Crippen molar-refractivity contribution in [2.75, 3.05) is 12.0 Å². The second-order valence-corrected chi connectivity index (χ2v) is 7.71. The molecular weight excluding hydrogens is 433 g/mol. The van der Waals surface area contributed by atoms with Crippen LogP contribution in [0.5, 0.6) is 5.75 Å². The number of carboxylic acids is 1. The van der Waals surface area contributed by atoms with Gasteiger partial charge in [0.25, 0.3) is 0 Å². The van der Waals surface area contributed by atoms with E-state index < -0.39 is 29.4 Å². The highest BCUT2D eigenvalue weighted by Crippen LogP contribution is 2.31. The Balaban J connectivity index is 1.72. The lowest BCUT2D eigenvalue weighted by Gasteiger charge is -2.35. The van der Waals surface area contributed by atoms with Crippen molar-refractivity contribution < 1.29 is 23.8 Å². The number of amides is 1. The predicted octanol–water partition coefficient (Wildman–Crippen LogP) is 2.69. The average molecular weight is 455 g/mol. The quantitative estimate of drug-likeness (QED) is 0.588. The molecule has 1 N–H and O–H groups in total. The first kappa shape index (κ1) is 22.2. The van der Waals surface area contributed by atoms with E-state index >= 15 is 0 Å². The van der Waals surface area contributed by atoms with E-state index in [1.165, 1.54) is 24.1 Å². The van der Waals surface area contributed by atoms with Gasteiger partial charge in [-0.25, -0.2) is 14.0 Å². The molecule has 0 unspecified atom stereocenters. The molecule has 0 radical (unpaired) electrons. The third-order valence-corrected chi connectivity index (χ3v) is 5.80. The Labute approximate surface area is 187 Å². The molecule has 0 bridgehead atoms. The monoisotopic (exact) mass is 455 g/mol. The molecule has 33 heavy (non-hydrogen) atoms. The maximum Gasteiger partial charge on any atom is 0.377 e. The van der Waals surface area contributed by atoms with Gasteiger partial charge in [-0.2, -0.15) is 4.68 Å². The van der Waals surface area contributed by atoms with Crippen LogP contribution in [0.25, 0.3) is 5.69 Å². The number of hydrogen-bond donors (Lipinski definition) is 1. The topological polar surface area (TPSA) is 120 Å². The molecule has 1 saturated carbocycles. The average Bonchev–Trinajstić information content (AvgIpc) is 3.20. The number of carbonyl (C=O) groups excluding carboxylic acids is 1. The van der Waals surface area contributed by atoms with Crippen LogP contribution in [0.15, 0.2) is 53.3 Å². The summed E-state index contributed by atoms with van der Waals surface area (Å²) >= 11 is 0. The van der Waals surface area contributed by atoms with Crippen molar-refractivity contribution in [3.8, 4) is 11.4 Å². The molecule has 10 nitrogen and oxygen atoms in total. The zero-order valence-corrected chi connectivity index (χ0v) is 17.8. The van der Waals surface area contributed by atoms with Gasteiger partial charge in [-0.05, 0) is 60.4 Å². The predicted molar refractivity (Wildman–Crippen MR) is 115 cm³/mol. The molecular formula is C22H22FN5O5. The van der Waals surface area contributed by atoms with Crippen molar-refractivity contribution >= 4 is 17.7 Å². The number of hydrogen-bond acceptors (Lipinski definition) is 6. The summed E-state index contributed by atoms with van der Waals surface area (Å²) in [7, 11) is 1.32. The van der Waals surface area contributed by atoms with Crippen molar-refractivity contribution in [2.45, 2.75) is 31.7 Å². The van der Waals surface area contributed by atoms with Crippen LogP contribution in [0.4, 0.5) is 14.9 Å². The summed E-state index contributed by atoms with van der Waals surface area (Å²) in [5.41, 5.74) is -0.674. The van der Waals surface area contributed by atoms with E-state index in [0.717, 1.165) is 6.07 Å². The highest BCUT2D eigenvalue weighted by atomic mass is 19.1. The number of aliphatic carboxylic acids is 1. The normalized spacial score (nSPS) is 18.0. The second-order valence-electron chi connectivity index (χ2n) is 7.71. The van der Waals surface area contributed by atoms with E-state index in [-0.39, 0.29) is 17.5 Å². The molecule has 3 aromatic rings. The van der Waals surface area contributed by atoms with E-state index in [1.54, 1.807) is 30.3 Å². The zero-order chi connectivity index (χ0) is 23.5. The van der Waals surface area contributed by atoms with E-state index in [4.69, 9.17) is 4.74 Å². The standard InChI is InChI=1S/C22H22FN5O5/c1-33-18-9-5-8-17(23)19(18)27-22(32)28(25-24-27)21(31)26(15-6-3-2-4-7-15)16-12-10-14(11-13-16)20(29)30/h2-9,14,16H,10-13H2,1H3,(H,29,30)/t14-,16+. The summed E-state index contributed by atoms with van der Waals surface area (Å²) in [5, 5.41) is 16.7. The van der Waals surface area contributed by atoms with Gasteiger partial charge in [0.15, 0.2) is 5.82 Å². The van der Waals surface area contributed by atoms with E-state index in [1.807, 2.05) is 0 Å². The van der Waals surface area contributed by atoms with Crippen LogP contribution in [0.1, 0.15) is 25.7 Å². The smallest absolute Gasteiger partial charge is 0.377 e. The number of benzene rings is 2.